The molecule has 0 saturated carbocycles. The minimum Gasteiger partial charge on any atom is -0.314 e. The number of hydrogen-bond donors (Lipinski definition) is 1. The molecule has 0 bridgehead atoms. The molecule has 0 spiro atoms. The van der Waals surface area contributed by atoms with E-state index in [1.165, 1.54) is 22.3 Å². The number of para-hydroxylation sites is 1. The first-order chi connectivity index (χ1) is 9.90. The van der Waals surface area contributed by atoms with Crippen LogP contribution in [0.2, 0.25) is 0 Å². The summed E-state index contributed by atoms with van der Waals surface area (Å²) in [6.45, 7) is 1.56. The zero-order chi connectivity index (χ0) is 15.5. The first kappa shape index (κ1) is 15.7. The van der Waals surface area contributed by atoms with Crippen LogP contribution in [0.15, 0.2) is 46.7 Å². The Morgan fingerprint density at radius 2 is 1.86 bits per heavy atom. The Hall–Kier alpha value is -1.70. The molecule has 0 saturated heterocycles. The van der Waals surface area contributed by atoms with Crippen molar-refractivity contribution in [2.24, 2.45) is 0 Å². The molecule has 1 aromatic heterocycles. The second-order valence-corrected chi connectivity index (χ2v) is 7.76. The molecule has 0 aliphatic heterocycles. The van der Waals surface area contributed by atoms with E-state index >= 15 is 0 Å². The summed E-state index contributed by atoms with van der Waals surface area (Å²) in [4.78, 5) is 14.4. The van der Waals surface area contributed by atoms with Gasteiger partial charge in [0.25, 0.3) is 10.0 Å². The number of sulfonamides is 1. The fourth-order valence-corrected chi connectivity index (χ4v) is 4.00. The van der Waals surface area contributed by atoms with Gasteiger partial charge in [0.15, 0.2) is 0 Å². The van der Waals surface area contributed by atoms with E-state index in [9.17, 15) is 13.2 Å². The number of rotatable bonds is 5. The molecule has 2 rings (SSSR count). The number of anilines is 1. The molecule has 0 aliphatic carbocycles. The second-order valence-electron chi connectivity index (χ2n) is 4.48. The lowest BCUT2D eigenvalue weighted by Crippen LogP contribution is -2.37. The molecule has 1 heterocycles. The highest BCUT2D eigenvalue weighted by molar-refractivity contribution is 7.91. The van der Waals surface area contributed by atoms with E-state index in [0.717, 1.165) is 4.88 Å². The number of aryl methyl sites for hydroxylation is 1. The fourth-order valence-electron chi connectivity index (χ4n) is 1.70. The monoisotopic (exact) mass is 324 g/mol. The number of thiophene rings is 1. The summed E-state index contributed by atoms with van der Waals surface area (Å²) in [7, 11) is -2.02. The van der Waals surface area contributed by atoms with Crippen LogP contribution >= 0.6 is 11.3 Å². The molecule has 1 N–H and O–H groups in total. The Labute approximate surface area is 128 Å². The molecule has 0 fully saturated rings. The van der Waals surface area contributed by atoms with Crippen molar-refractivity contribution < 1.29 is 13.2 Å². The van der Waals surface area contributed by atoms with Gasteiger partial charge in [-0.1, -0.05) is 18.2 Å². The van der Waals surface area contributed by atoms with E-state index in [4.69, 9.17) is 0 Å². The van der Waals surface area contributed by atoms with Gasteiger partial charge in [0.2, 0.25) is 5.91 Å². The third-order valence-electron chi connectivity index (χ3n) is 2.91. The fraction of sp³-hybridized carbons (Fsp3) is 0.214. The van der Waals surface area contributed by atoms with Gasteiger partial charge in [0.1, 0.15) is 4.21 Å². The highest BCUT2D eigenvalue weighted by Gasteiger charge is 2.19. The second kappa shape index (κ2) is 6.38. The SMILES string of the molecule is Cc1ccc(S(=O)(=O)NCC(=O)N(C)c2ccccc2)s1. The Bertz CT molecular complexity index is 724. The number of likely N-dealkylation sites (N-methyl/N-ethyl adjacent to an activating group) is 1. The minimum atomic E-state index is -3.63. The molecule has 112 valence electrons. The van der Waals surface area contributed by atoms with E-state index in [-0.39, 0.29) is 16.7 Å². The van der Waals surface area contributed by atoms with Crippen LogP contribution in [0.5, 0.6) is 0 Å². The normalized spacial score (nSPS) is 11.3. The molecule has 2 aromatic rings. The maximum Gasteiger partial charge on any atom is 0.250 e. The van der Waals surface area contributed by atoms with Gasteiger partial charge < -0.3 is 4.90 Å². The average molecular weight is 324 g/mol. The summed E-state index contributed by atoms with van der Waals surface area (Å²) < 4.78 is 26.6. The summed E-state index contributed by atoms with van der Waals surface area (Å²) in [6.07, 6.45) is 0. The van der Waals surface area contributed by atoms with Gasteiger partial charge in [0.05, 0.1) is 6.54 Å². The van der Waals surface area contributed by atoms with Gasteiger partial charge in [-0.05, 0) is 31.2 Å². The maximum atomic E-state index is 12.0. The number of nitrogens with zero attached hydrogens (tertiary/aromatic N) is 1. The Morgan fingerprint density at radius 3 is 2.43 bits per heavy atom. The van der Waals surface area contributed by atoms with Crippen LogP contribution < -0.4 is 9.62 Å². The zero-order valence-electron chi connectivity index (χ0n) is 11.7. The van der Waals surface area contributed by atoms with E-state index in [1.54, 1.807) is 25.2 Å². The number of carbonyl (C=O) groups is 1. The molecule has 7 heteroatoms. The van der Waals surface area contributed by atoms with Gasteiger partial charge in [0, 0.05) is 17.6 Å². The summed E-state index contributed by atoms with van der Waals surface area (Å²) in [5, 5.41) is 0. The van der Waals surface area contributed by atoms with Gasteiger partial charge in [-0.3, -0.25) is 4.79 Å². The van der Waals surface area contributed by atoms with E-state index in [2.05, 4.69) is 4.72 Å². The van der Waals surface area contributed by atoms with Crippen molar-refractivity contribution in [3.05, 3.63) is 47.3 Å². The maximum absolute atomic E-state index is 12.0. The Morgan fingerprint density at radius 1 is 1.19 bits per heavy atom. The largest absolute Gasteiger partial charge is 0.314 e. The lowest BCUT2D eigenvalue weighted by molar-refractivity contribution is -0.117. The van der Waals surface area contributed by atoms with Crippen molar-refractivity contribution in [1.29, 1.82) is 0 Å². The average Bonchev–Trinajstić information content (AvgIpc) is 2.92. The van der Waals surface area contributed by atoms with Crippen molar-refractivity contribution in [1.82, 2.24) is 4.72 Å². The number of amides is 1. The van der Waals surface area contributed by atoms with Crippen LogP contribution in [0.3, 0.4) is 0 Å². The van der Waals surface area contributed by atoms with Crippen LogP contribution in [0.4, 0.5) is 5.69 Å². The molecule has 0 radical (unpaired) electrons. The Balaban J connectivity index is 2.01. The van der Waals surface area contributed by atoms with E-state index in [1.807, 2.05) is 25.1 Å². The lowest BCUT2D eigenvalue weighted by atomic mass is 10.3. The van der Waals surface area contributed by atoms with Crippen molar-refractivity contribution in [2.45, 2.75) is 11.1 Å². The van der Waals surface area contributed by atoms with Crippen LogP contribution in [0, 0.1) is 6.92 Å². The summed E-state index contributed by atoms with van der Waals surface area (Å²) >= 11 is 1.18. The van der Waals surface area contributed by atoms with Crippen LogP contribution in [0.25, 0.3) is 0 Å². The predicted octanol–water partition coefficient (Wildman–Crippen LogP) is 2.00. The third kappa shape index (κ3) is 3.90. The summed E-state index contributed by atoms with van der Waals surface area (Å²) in [5.74, 6) is -0.321. The lowest BCUT2D eigenvalue weighted by Gasteiger charge is -2.17. The van der Waals surface area contributed by atoms with Gasteiger partial charge in [-0.15, -0.1) is 11.3 Å². The van der Waals surface area contributed by atoms with Crippen molar-refractivity contribution in [2.75, 3.05) is 18.5 Å². The molecule has 0 atom stereocenters. The molecule has 0 aliphatic rings. The molecule has 21 heavy (non-hydrogen) atoms. The topological polar surface area (TPSA) is 66.5 Å². The summed E-state index contributed by atoms with van der Waals surface area (Å²) in [5.41, 5.74) is 0.716. The first-order valence-electron chi connectivity index (χ1n) is 6.28. The van der Waals surface area contributed by atoms with E-state index in [0.29, 0.717) is 5.69 Å². The molecule has 1 amide bonds. The number of benzene rings is 1. The van der Waals surface area contributed by atoms with Crippen molar-refractivity contribution in [3.63, 3.8) is 0 Å². The highest BCUT2D eigenvalue weighted by atomic mass is 32.2. The van der Waals surface area contributed by atoms with E-state index < -0.39 is 10.0 Å². The van der Waals surface area contributed by atoms with Crippen LogP contribution in [-0.4, -0.2) is 27.9 Å². The van der Waals surface area contributed by atoms with Crippen LogP contribution in [-0.2, 0) is 14.8 Å². The third-order valence-corrected chi connectivity index (χ3v) is 5.81. The molecule has 1 aromatic carbocycles. The van der Waals surface area contributed by atoms with Crippen molar-refractivity contribution >= 4 is 33.0 Å². The number of nitrogens with one attached hydrogen (secondary N) is 1. The summed E-state index contributed by atoms with van der Waals surface area (Å²) in [6, 6.07) is 12.3. The van der Waals surface area contributed by atoms with Gasteiger partial charge in [-0.2, -0.15) is 0 Å². The predicted molar refractivity (Wildman–Crippen MR) is 84.1 cm³/mol. The smallest absolute Gasteiger partial charge is 0.250 e. The first-order valence-corrected chi connectivity index (χ1v) is 8.58. The highest BCUT2D eigenvalue weighted by Crippen LogP contribution is 2.20. The standard InChI is InChI=1S/C14H16N2O3S2/c1-11-8-9-14(20-11)21(18,19)15-10-13(17)16(2)12-6-4-3-5-7-12/h3-9,15H,10H2,1-2H3. The minimum absolute atomic E-state index is 0.218. The molecule has 0 unspecified atom stereocenters. The molecule has 5 nitrogen and oxygen atoms in total. The molecular weight excluding hydrogens is 308 g/mol. The molecular formula is C14H16N2O3S2. The quantitative estimate of drug-likeness (QED) is 0.915. The van der Waals surface area contributed by atoms with Crippen molar-refractivity contribution in [3.8, 4) is 0 Å². The van der Waals surface area contributed by atoms with Gasteiger partial charge in [-0.25, -0.2) is 13.1 Å². The zero-order valence-corrected chi connectivity index (χ0v) is 13.4. The van der Waals surface area contributed by atoms with Gasteiger partial charge >= 0.3 is 0 Å². The van der Waals surface area contributed by atoms with Crippen LogP contribution in [0.1, 0.15) is 4.88 Å². The number of hydrogen-bond acceptors (Lipinski definition) is 4. The Kier molecular flexibility index (Phi) is 4.76. The number of carbonyl (C=O) groups excluding carboxylic acids is 1.